The molecular weight excluding hydrogens is 383 g/mol. The molecule has 1 saturated carbocycles. The first-order valence-electron chi connectivity index (χ1n) is 9.04. The van der Waals surface area contributed by atoms with Crippen LogP contribution in [0.15, 0.2) is 53.4 Å². The second kappa shape index (κ2) is 5.71. The number of fused-ring (bicyclic) bond motifs is 1. The summed E-state index contributed by atoms with van der Waals surface area (Å²) in [6.45, 7) is 0.562. The summed E-state index contributed by atoms with van der Waals surface area (Å²) in [4.78, 5) is 26.1. The highest BCUT2D eigenvalue weighted by Gasteiger charge is 2.59. The van der Waals surface area contributed by atoms with Crippen LogP contribution in [-0.4, -0.2) is 48.6 Å². The zero-order chi connectivity index (χ0) is 19.7. The smallest absolute Gasteiger partial charge is 0.261 e. The standard InChI is InChI=1S/C20H17FN2O4S/c21-16-7-3-4-8-17(16)28(26,27)22-11-20(12-22)9-13(10-20)23-18(24)14-5-1-2-6-15(14)19(23)25/h1-8,13H,9-12H2. The molecule has 144 valence electrons. The van der Waals surface area contributed by atoms with Crippen LogP contribution >= 0.6 is 0 Å². The van der Waals surface area contributed by atoms with E-state index in [1.165, 1.54) is 27.4 Å². The molecule has 3 aliphatic rings. The van der Waals surface area contributed by atoms with Crippen molar-refractivity contribution in [1.82, 2.24) is 9.21 Å². The van der Waals surface area contributed by atoms with Crippen molar-refractivity contribution in [3.05, 3.63) is 65.5 Å². The Morgan fingerprint density at radius 1 is 0.893 bits per heavy atom. The molecule has 5 rings (SSSR count). The summed E-state index contributed by atoms with van der Waals surface area (Å²) in [5.74, 6) is -1.33. The van der Waals surface area contributed by atoms with E-state index in [2.05, 4.69) is 0 Å². The minimum Gasteiger partial charge on any atom is -0.271 e. The summed E-state index contributed by atoms with van der Waals surface area (Å²) in [7, 11) is -3.87. The van der Waals surface area contributed by atoms with Gasteiger partial charge in [-0.25, -0.2) is 12.8 Å². The zero-order valence-electron chi connectivity index (χ0n) is 14.8. The monoisotopic (exact) mass is 400 g/mol. The van der Waals surface area contributed by atoms with Crippen molar-refractivity contribution in [2.75, 3.05) is 13.1 Å². The average Bonchev–Trinajstić information content (AvgIpc) is 2.85. The van der Waals surface area contributed by atoms with Gasteiger partial charge in [-0.15, -0.1) is 0 Å². The highest BCUT2D eigenvalue weighted by molar-refractivity contribution is 7.89. The van der Waals surface area contributed by atoms with Crippen molar-refractivity contribution in [3.63, 3.8) is 0 Å². The van der Waals surface area contributed by atoms with Gasteiger partial charge in [-0.2, -0.15) is 4.31 Å². The van der Waals surface area contributed by atoms with Crippen molar-refractivity contribution in [1.29, 1.82) is 0 Å². The predicted octanol–water partition coefficient (Wildman–Crippen LogP) is 2.28. The van der Waals surface area contributed by atoms with Crippen molar-refractivity contribution in [3.8, 4) is 0 Å². The Morgan fingerprint density at radius 2 is 1.43 bits per heavy atom. The summed E-state index contributed by atoms with van der Waals surface area (Å²) in [5, 5.41) is 0. The lowest BCUT2D eigenvalue weighted by Gasteiger charge is -2.59. The average molecular weight is 400 g/mol. The summed E-state index contributed by atoms with van der Waals surface area (Å²) < 4.78 is 40.4. The molecule has 6 nitrogen and oxygen atoms in total. The quantitative estimate of drug-likeness (QED) is 0.741. The molecule has 0 atom stereocenters. The van der Waals surface area contributed by atoms with E-state index in [9.17, 15) is 22.4 Å². The van der Waals surface area contributed by atoms with Crippen LogP contribution in [0, 0.1) is 11.2 Å². The van der Waals surface area contributed by atoms with Crippen LogP contribution in [-0.2, 0) is 10.0 Å². The number of sulfonamides is 1. The normalized spacial score (nSPS) is 21.5. The van der Waals surface area contributed by atoms with E-state index in [0.717, 1.165) is 6.07 Å². The van der Waals surface area contributed by atoms with Gasteiger partial charge in [0.1, 0.15) is 10.7 Å². The molecule has 2 aromatic carbocycles. The third-order valence-corrected chi connectivity index (χ3v) is 7.83. The molecule has 2 aliphatic heterocycles. The lowest BCUT2D eigenvalue weighted by atomic mass is 9.61. The summed E-state index contributed by atoms with van der Waals surface area (Å²) >= 11 is 0. The Labute approximate surface area is 161 Å². The maximum absolute atomic E-state index is 13.9. The van der Waals surface area contributed by atoms with Gasteiger partial charge in [-0.05, 0) is 37.1 Å². The van der Waals surface area contributed by atoms with Gasteiger partial charge < -0.3 is 0 Å². The minimum absolute atomic E-state index is 0.217. The first-order valence-corrected chi connectivity index (χ1v) is 10.5. The van der Waals surface area contributed by atoms with E-state index in [1.54, 1.807) is 24.3 Å². The Morgan fingerprint density at radius 3 is 2.00 bits per heavy atom. The fourth-order valence-corrected chi connectivity index (χ4v) is 6.32. The molecule has 0 N–H and O–H groups in total. The molecule has 0 radical (unpaired) electrons. The first-order chi connectivity index (χ1) is 13.3. The lowest BCUT2D eigenvalue weighted by molar-refractivity contribution is -0.0586. The summed E-state index contributed by atoms with van der Waals surface area (Å²) in [5.41, 5.74) is 0.606. The van der Waals surface area contributed by atoms with Gasteiger partial charge in [-0.1, -0.05) is 24.3 Å². The van der Waals surface area contributed by atoms with Crippen LogP contribution in [0.3, 0.4) is 0 Å². The number of amides is 2. The molecule has 0 bridgehead atoms. The van der Waals surface area contributed by atoms with E-state index in [4.69, 9.17) is 0 Å². The van der Waals surface area contributed by atoms with Crippen molar-refractivity contribution in [2.45, 2.75) is 23.8 Å². The zero-order valence-corrected chi connectivity index (χ0v) is 15.7. The Balaban J connectivity index is 1.28. The molecule has 2 fully saturated rings. The Kier molecular flexibility index (Phi) is 3.57. The van der Waals surface area contributed by atoms with Gasteiger partial charge in [0.15, 0.2) is 0 Å². The minimum atomic E-state index is -3.87. The number of nitrogens with zero attached hydrogens (tertiary/aromatic N) is 2. The molecule has 0 aromatic heterocycles. The number of halogens is 1. The highest BCUT2D eigenvalue weighted by Crippen LogP contribution is 2.52. The third-order valence-electron chi connectivity index (χ3n) is 6.01. The third kappa shape index (κ3) is 2.31. The topological polar surface area (TPSA) is 74.8 Å². The lowest BCUT2D eigenvalue weighted by Crippen LogP contribution is -2.67. The van der Waals surface area contributed by atoms with Gasteiger partial charge in [-0.3, -0.25) is 14.5 Å². The molecule has 28 heavy (non-hydrogen) atoms. The number of carbonyl (C=O) groups is 2. The van der Waals surface area contributed by atoms with E-state index >= 15 is 0 Å². The SMILES string of the molecule is O=C1c2ccccc2C(=O)N1C1CC2(C1)CN(S(=O)(=O)c1ccccc1F)C2. The van der Waals surface area contributed by atoms with Crippen LogP contribution in [0.1, 0.15) is 33.6 Å². The fraction of sp³-hybridized carbons (Fsp3) is 0.300. The van der Waals surface area contributed by atoms with Gasteiger partial charge in [0.2, 0.25) is 10.0 Å². The van der Waals surface area contributed by atoms with Crippen LogP contribution in [0.2, 0.25) is 0 Å². The highest BCUT2D eigenvalue weighted by atomic mass is 32.2. The maximum Gasteiger partial charge on any atom is 0.261 e. The van der Waals surface area contributed by atoms with E-state index in [0.29, 0.717) is 24.0 Å². The number of carbonyl (C=O) groups excluding carboxylic acids is 2. The van der Waals surface area contributed by atoms with Crippen molar-refractivity contribution in [2.24, 2.45) is 5.41 Å². The van der Waals surface area contributed by atoms with Crippen LogP contribution in [0.25, 0.3) is 0 Å². The number of imide groups is 1. The molecule has 1 saturated heterocycles. The van der Waals surface area contributed by atoms with Crippen LogP contribution < -0.4 is 0 Å². The Bertz CT molecular complexity index is 1080. The fourth-order valence-electron chi connectivity index (χ4n) is 4.59. The van der Waals surface area contributed by atoms with Gasteiger partial charge in [0.25, 0.3) is 11.8 Å². The van der Waals surface area contributed by atoms with E-state index in [1.807, 2.05) is 0 Å². The molecule has 0 unspecified atom stereocenters. The number of benzene rings is 2. The van der Waals surface area contributed by atoms with Crippen LogP contribution in [0.5, 0.6) is 0 Å². The first kappa shape index (κ1) is 17.5. The Hall–Kier alpha value is -2.58. The molecule has 2 heterocycles. The van der Waals surface area contributed by atoms with Gasteiger partial charge in [0, 0.05) is 24.5 Å². The molecule has 2 aromatic rings. The van der Waals surface area contributed by atoms with Crippen molar-refractivity contribution < 1.29 is 22.4 Å². The van der Waals surface area contributed by atoms with Gasteiger partial charge in [0.05, 0.1) is 11.1 Å². The molecule has 1 spiro atoms. The van der Waals surface area contributed by atoms with Gasteiger partial charge >= 0.3 is 0 Å². The number of hydrogen-bond acceptors (Lipinski definition) is 4. The molecular formula is C20H17FN2O4S. The van der Waals surface area contributed by atoms with E-state index < -0.39 is 15.8 Å². The predicted molar refractivity (Wildman–Crippen MR) is 97.6 cm³/mol. The molecule has 2 amide bonds. The summed E-state index contributed by atoms with van der Waals surface area (Å²) in [6.07, 6.45) is 1.14. The van der Waals surface area contributed by atoms with Crippen LogP contribution in [0.4, 0.5) is 4.39 Å². The second-order valence-corrected chi connectivity index (χ2v) is 9.70. The van der Waals surface area contributed by atoms with E-state index in [-0.39, 0.29) is 41.3 Å². The number of rotatable bonds is 3. The number of hydrogen-bond donors (Lipinski definition) is 0. The summed E-state index contributed by atoms with van der Waals surface area (Å²) in [6, 6.07) is 11.9. The largest absolute Gasteiger partial charge is 0.271 e. The second-order valence-electron chi connectivity index (χ2n) is 7.79. The molecule has 8 heteroatoms. The molecule has 1 aliphatic carbocycles. The van der Waals surface area contributed by atoms with Crippen molar-refractivity contribution >= 4 is 21.8 Å². The maximum atomic E-state index is 13.9.